The second kappa shape index (κ2) is 8.56. The zero-order valence-electron chi connectivity index (χ0n) is 16.7. The number of rotatable bonds is 6. The summed E-state index contributed by atoms with van der Waals surface area (Å²) in [5.74, 6) is 0.149. The molecule has 29 heavy (non-hydrogen) atoms. The van der Waals surface area contributed by atoms with E-state index in [0.29, 0.717) is 17.0 Å². The number of aryl methyl sites for hydroxylation is 1. The molecular formula is C23H26ClN3O2. The number of nitrogens with one attached hydrogen (secondary N) is 1. The van der Waals surface area contributed by atoms with Crippen molar-refractivity contribution < 1.29 is 4.79 Å². The number of ketones is 1. The molecule has 0 amide bonds. The third kappa shape index (κ3) is 4.46. The SMILES string of the molecule is Cc1cc(Cl)cc(C(=O)CCCN2CCC(n3c(=O)[nH]c4ccccc43)CC2)c1. The van der Waals surface area contributed by atoms with E-state index in [4.69, 9.17) is 11.6 Å². The summed E-state index contributed by atoms with van der Waals surface area (Å²) < 4.78 is 1.91. The van der Waals surface area contributed by atoms with Gasteiger partial charge in [0.05, 0.1) is 11.0 Å². The fourth-order valence-corrected chi connectivity index (χ4v) is 4.63. The summed E-state index contributed by atoms with van der Waals surface area (Å²) in [6, 6.07) is 13.6. The number of carbonyl (C=O) groups excluding carboxylic acids is 1. The first-order valence-electron chi connectivity index (χ1n) is 10.2. The van der Waals surface area contributed by atoms with Crippen LogP contribution in [-0.2, 0) is 0 Å². The molecule has 1 aromatic heterocycles. The van der Waals surface area contributed by atoms with Gasteiger partial charge in [-0.25, -0.2) is 4.79 Å². The highest BCUT2D eigenvalue weighted by Crippen LogP contribution is 2.25. The van der Waals surface area contributed by atoms with E-state index in [1.807, 2.05) is 47.9 Å². The van der Waals surface area contributed by atoms with Crippen molar-refractivity contribution in [2.75, 3.05) is 19.6 Å². The minimum Gasteiger partial charge on any atom is -0.306 e. The van der Waals surface area contributed by atoms with Gasteiger partial charge in [0.1, 0.15) is 0 Å². The average Bonchev–Trinajstić information content (AvgIpc) is 3.03. The summed E-state index contributed by atoms with van der Waals surface area (Å²) >= 11 is 6.07. The predicted molar refractivity (Wildman–Crippen MR) is 117 cm³/mol. The Morgan fingerprint density at radius 2 is 1.93 bits per heavy atom. The molecule has 1 aliphatic heterocycles. The lowest BCUT2D eigenvalue weighted by atomic mass is 10.0. The number of imidazole rings is 1. The average molecular weight is 412 g/mol. The van der Waals surface area contributed by atoms with Crippen LogP contribution in [0.5, 0.6) is 0 Å². The van der Waals surface area contributed by atoms with Gasteiger partial charge < -0.3 is 9.88 Å². The van der Waals surface area contributed by atoms with Crippen LogP contribution < -0.4 is 5.69 Å². The van der Waals surface area contributed by atoms with Crippen LogP contribution in [-0.4, -0.2) is 39.9 Å². The van der Waals surface area contributed by atoms with Crippen LogP contribution in [0, 0.1) is 6.92 Å². The summed E-state index contributed by atoms with van der Waals surface area (Å²) in [5.41, 5.74) is 3.57. The van der Waals surface area contributed by atoms with Crippen LogP contribution in [0.1, 0.15) is 47.6 Å². The Morgan fingerprint density at radius 3 is 2.69 bits per heavy atom. The Balaban J connectivity index is 1.29. The second-order valence-electron chi connectivity index (χ2n) is 7.93. The summed E-state index contributed by atoms with van der Waals surface area (Å²) in [6.45, 7) is 4.74. The van der Waals surface area contributed by atoms with Gasteiger partial charge in [-0.05, 0) is 68.6 Å². The Hall–Kier alpha value is -2.37. The Bertz CT molecular complexity index is 1060. The number of carbonyl (C=O) groups is 1. The molecule has 5 nitrogen and oxygen atoms in total. The zero-order valence-corrected chi connectivity index (χ0v) is 17.4. The number of fused-ring (bicyclic) bond motifs is 1. The van der Waals surface area contributed by atoms with Crippen molar-refractivity contribution in [3.63, 3.8) is 0 Å². The molecule has 3 aromatic rings. The number of Topliss-reactive ketones (excluding diaryl/α,β-unsaturated/α-hetero) is 1. The maximum atomic E-state index is 12.4. The van der Waals surface area contributed by atoms with Gasteiger partial charge in [-0.2, -0.15) is 0 Å². The van der Waals surface area contributed by atoms with Crippen molar-refractivity contribution in [2.24, 2.45) is 0 Å². The number of aromatic nitrogens is 2. The van der Waals surface area contributed by atoms with Crippen LogP contribution in [0.4, 0.5) is 0 Å². The molecule has 0 saturated carbocycles. The molecule has 1 fully saturated rings. The number of nitrogens with zero attached hydrogens (tertiary/aromatic N) is 2. The summed E-state index contributed by atoms with van der Waals surface area (Å²) in [5, 5.41) is 0.614. The number of para-hydroxylation sites is 2. The highest BCUT2D eigenvalue weighted by Gasteiger charge is 2.23. The highest BCUT2D eigenvalue weighted by molar-refractivity contribution is 6.31. The van der Waals surface area contributed by atoms with E-state index in [-0.39, 0.29) is 17.5 Å². The molecule has 0 bridgehead atoms. The lowest BCUT2D eigenvalue weighted by molar-refractivity contribution is 0.0970. The first kappa shape index (κ1) is 19.9. The Labute approximate surface area is 175 Å². The van der Waals surface area contributed by atoms with Gasteiger partial charge in [0.15, 0.2) is 5.78 Å². The molecule has 152 valence electrons. The number of hydrogen-bond acceptors (Lipinski definition) is 3. The zero-order chi connectivity index (χ0) is 20.4. The maximum absolute atomic E-state index is 12.4. The van der Waals surface area contributed by atoms with Crippen molar-refractivity contribution in [2.45, 2.75) is 38.6 Å². The van der Waals surface area contributed by atoms with Crippen LogP contribution >= 0.6 is 11.6 Å². The molecule has 2 aromatic carbocycles. The van der Waals surface area contributed by atoms with Gasteiger partial charge in [0, 0.05) is 36.1 Å². The number of hydrogen-bond donors (Lipinski definition) is 1. The third-order valence-corrected chi connectivity index (χ3v) is 6.01. The first-order valence-corrected chi connectivity index (χ1v) is 10.6. The van der Waals surface area contributed by atoms with Crippen LogP contribution in [0.2, 0.25) is 5.02 Å². The smallest absolute Gasteiger partial charge is 0.306 e. The van der Waals surface area contributed by atoms with Crippen LogP contribution in [0.3, 0.4) is 0 Å². The van der Waals surface area contributed by atoms with Gasteiger partial charge in [-0.15, -0.1) is 0 Å². The van der Waals surface area contributed by atoms with E-state index in [2.05, 4.69) is 9.88 Å². The van der Waals surface area contributed by atoms with E-state index in [0.717, 1.165) is 55.5 Å². The summed E-state index contributed by atoms with van der Waals surface area (Å²) in [7, 11) is 0. The van der Waals surface area contributed by atoms with Crippen molar-refractivity contribution in [3.05, 3.63) is 69.1 Å². The molecule has 1 saturated heterocycles. The van der Waals surface area contributed by atoms with Gasteiger partial charge in [-0.1, -0.05) is 23.7 Å². The number of likely N-dealkylation sites (tertiary alicyclic amines) is 1. The predicted octanol–water partition coefficient (Wildman–Crippen LogP) is 4.59. The normalized spacial score (nSPS) is 15.8. The van der Waals surface area contributed by atoms with Crippen molar-refractivity contribution in [1.29, 1.82) is 0 Å². The van der Waals surface area contributed by atoms with Gasteiger partial charge >= 0.3 is 5.69 Å². The fraction of sp³-hybridized carbons (Fsp3) is 0.391. The molecule has 0 spiro atoms. The van der Waals surface area contributed by atoms with Gasteiger partial charge in [0.2, 0.25) is 0 Å². The molecule has 0 unspecified atom stereocenters. The van der Waals surface area contributed by atoms with Crippen molar-refractivity contribution in [3.8, 4) is 0 Å². The Morgan fingerprint density at radius 1 is 1.17 bits per heavy atom. The highest BCUT2D eigenvalue weighted by atomic mass is 35.5. The molecule has 0 radical (unpaired) electrons. The Kier molecular flexibility index (Phi) is 5.88. The van der Waals surface area contributed by atoms with E-state index < -0.39 is 0 Å². The minimum absolute atomic E-state index is 0.0212. The molecule has 1 N–H and O–H groups in total. The lowest BCUT2D eigenvalue weighted by Crippen LogP contribution is -2.37. The molecule has 2 heterocycles. The molecule has 4 rings (SSSR count). The van der Waals surface area contributed by atoms with Crippen LogP contribution in [0.15, 0.2) is 47.3 Å². The molecular weight excluding hydrogens is 386 g/mol. The molecule has 6 heteroatoms. The van der Waals surface area contributed by atoms with E-state index >= 15 is 0 Å². The summed E-state index contributed by atoms with van der Waals surface area (Å²) in [4.78, 5) is 30.2. The lowest BCUT2D eigenvalue weighted by Gasteiger charge is -2.32. The quantitative estimate of drug-likeness (QED) is 0.603. The van der Waals surface area contributed by atoms with Crippen molar-refractivity contribution >= 4 is 28.4 Å². The maximum Gasteiger partial charge on any atom is 0.326 e. The number of aromatic amines is 1. The van der Waals surface area contributed by atoms with Crippen molar-refractivity contribution in [1.82, 2.24) is 14.5 Å². The molecule has 0 aliphatic carbocycles. The largest absolute Gasteiger partial charge is 0.326 e. The monoisotopic (exact) mass is 411 g/mol. The van der Waals surface area contributed by atoms with E-state index in [1.165, 1.54) is 0 Å². The van der Waals surface area contributed by atoms with E-state index in [9.17, 15) is 9.59 Å². The summed E-state index contributed by atoms with van der Waals surface area (Å²) in [6.07, 6.45) is 3.26. The molecule has 0 atom stereocenters. The second-order valence-corrected chi connectivity index (χ2v) is 8.37. The fourth-order valence-electron chi connectivity index (χ4n) is 4.34. The molecule has 1 aliphatic rings. The van der Waals surface area contributed by atoms with Gasteiger partial charge in [0.25, 0.3) is 0 Å². The van der Waals surface area contributed by atoms with E-state index in [1.54, 1.807) is 6.07 Å². The number of benzene rings is 2. The number of piperidine rings is 1. The first-order chi connectivity index (χ1) is 14.0. The minimum atomic E-state index is -0.0212. The third-order valence-electron chi connectivity index (χ3n) is 5.79. The topological polar surface area (TPSA) is 58.1 Å². The number of H-pyrrole nitrogens is 1. The number of halogens is 1. The van der Waals surface area contributed by atoms with Crippen LogP contribution in [0.25, 0.3) is 11.0 Å². The standard InChI is InChI=1S/C23H26ClN3O2/c1-16-13-17(15-18(24)14-16)22(28)7-4-10-26-11-8-19(9-12-26)27-21-6-3-2-5-20(21)25-23(27)29/h2-3,5-6,13-15,19H,4,7-12H2,1H3,(H,25,29). The van der Waals surface area contributed by atoms with Gasteiger partial charge in [-0.3, -0.25) is 9.36 Å².